The molecule has 2 aliphatic rings. The Hall–Kier alpha value is -2.52. The lowest BCUT2D eigenvalue weighted by atomic mass is 10.1. The van der Waals surface area contributed by atoms with E-state index in [2.05, 4.69) is 32.7 Å². The molecule has 29 heavy (non-hydrogen) atoms. The van der Waals surface area contributed by atoms with Crippen molar-refractivity contribution in [2.24, 2.45) is 0 Å². The number of hydrazine groups is 2. The molecule has 1 amide bonds. The maximum atomic E-state index is 13.1. The molecule has 4 rings (SSSR count). The highest BCUT2D eigenvalue weighted by molar-refractivity contribution is 6.30. The van der Waals surface area contributed by atoms with E-state index in [1.54, 1.807) is 7.11 Å². The van der Waals surface area contributed by atoms with Gasteiger partial charge in [0.15, 0.2) is 0 Å². The molecule has 8 nitrogen and oxygen atoms in total. The number of carbonyl (C=O) groups is 1. The fourth-order valence-corrected chi connectivity index (χ4v) is 3.79. The predicted octanol–water partition coefficient (Wildman–Crippen LogP) is 1.42. The van der Waals surface area contributed by atoms with Gasteiger partial charge in [-0.2, -0.15) is 5.53 Å². The van der Waals surface area contributed by atoms with Gasteiger partial charge in [0.25, 0.3) is 0 Å². The predicted molar refractivity (Wildman–Crippen MR) is 114 cm³/mol. The normalized spacial score (nSPS) is 21.9. The smallest absolute Gasteiger partial charge is 0.244 e. The number of anilines is 2. The summed E-state index contributed by atoms with van der Waals surface area (Å²) in [5.41, 5.74) is 10.9. The highest BCUT2D eigenvalue weighted by Gasteiger charge is 2.36. The van der Waals surface area contributed by atoms with E-state index in [4.69, 9.17) is 16.3 Å². The maximum Gasteiger partial charge on any atom is 0.244 e. The molecule has 154 valence electrons. The molecule has 2 saturated heterocycles. The van der Waals surface area contributed by atoms with Gasteiger partial charge in [0.05, 0.1) is 12.8 Å². The lowest BCUT2D eigenvalue weighted by Crippen LogP contribution is -2.57. The Morgan fingerprint density at radius 3 is 2.52 bits per heavy atom. The number of nitrogens with one attached hydrogen (secondary N) is 4. The van der Waals surface area contributed by atoms with Gasteiger partial charge in [-0.25, -0.2) is 10.9 Å². The number of piperazine rings is 1. The minimum atomic E-state index is -0.427. The second-order valence-electron chi connectivity index (χ2n) is 7.00. The Morgan fingerprint density at radius 1 is 1.07 bits per heavy atom. The molecule has 0 saturated carbocycles. The zero-order valence-electron chi connectivity index (χ0n) is 16.2. The zero-order chi connectivity index (χ0) is 20.2. The third-order valence-electron chi connectivity index (χ3n) is 5.24. The standard InChI is InChI=1S/C20H25ClN6O2/c1-29-17-5-3-2-4-16(17)26-10-12-27(13-11-26)20(28)18-19(24-25-23-18)22-15-8-6-14(21)7-9-15/h2-9,18-19,22-25H,10-13H2,1H3. The lowest BCUT2D eigenvalue weighted by molar-refractivity contribution is -0.133. The molecule has 2 heterocycles. The van der Waals surface area contributed by atoms with Gasteiger partial charge in [-0.15, -0.1) is 0 Å². The number of hydrogen-bond acceptors (Lipinski definition) is 7. The number of methoxy groups -OCH3 is 1. The highest BCUT2D eigenvalue weighted by Crippen LogP contribution is 2.28. The summed E-state index contributed by atoms with van der Waals surface area (Å²) in [5, 5.41) is 3.99. The van der Waals surface area contributed by atoms with Crippen LogP contribution < -0.4 is 31.3 Å². The Balaban J connectivity index is 1.36. The van der Waals surface area contributed by atoms with Gasteiger partial charge in [0.1, 0.15) is 18.0 Å². The van der Waals surface area contributed by atoms with E-state index in [9.17, 15) is 4.79 Å². The van der Waals surface area contributed by atoms with Gasteiger partial charge < -0.3 is 19.9 Å². The summed E-state index contributed by atoms with van der Waals surface area (Å²) < 4.78 is 5.47. The molecule has 2 aliphatic heterocycles. The zero-order valence-corrected chi connectivity index (χ0v) is 16.9. The molecule has 2 atom stereocenters. The molecule has 0 spiro atoms. The van der Waals surface area contributed by atoms with Crippen molar-refractivity contribution in [2.75, 3.05) is 43.5 Å². The van der Waals surface area contributed by atoms with Gasteiger partial charge in [-0.05, 0) is 36.4 Å². The summed E-state index contributed by atoms with van der Waals surface area (Å²) in [6, 6.07) is 14.9. The van der Waals surface area contributed by atoms with Crippen molar-refractivity contribution in [3.8, 4) is 5.75 Å². The minimum Gasteiger partial charge on any atom is -0.495 e. The largest absolute Gasteiger partial charge is 0.495 e. The van der Waals surface area contributed by atoms with Crippen LogP contribution in [0.25, 0.3) is 0 Å². The quantitative estimate of drug-likeness (QED) is 0.587. The first-order valence-corrected chi connectivity index (χ1v) is 9.98. The molecule has 2 unspecified atom stereocenters. The van der Waals surface area contributed by atoms with Crippen LogP contribution in [-0.4, -0.2) is 56.3 Å². The van der Waals surface area contributed by atoms with Crippen molar-refractivity contribution >= 4 is 28.9 Å². The van der Waals surface area contributed by atoms with Crippen molar-refractivity contribution in [1.29, 1.82) is 0 Å². The number of carbonyl (C=O) groups excluding carboxylic acids is 1. The summed E-state index contributed by atoms with van der Waals surface area (Å²) in [6.45, 7) is 2.83. The van der Waals surface area contributed by atoms with Crippen molar-refractivity contribution in [3.63, 3.8) is 0 Å². The maximum absolute atomic E-state index is 13.1. The van der Waals surface area contributed by atoms with Gasteiger partial charge in [0, 0.05) is 36.9 Å². The molecule has 2 aromatic carbocycles. The van der Waals surface area contributed by atoms with Crippen LogP contribution in [0.15, 0.2) is 48.5 Å². The van der Waals surface area contributed by atoms with Gasteiger partial charge in [-0.3, -0.25) is 4.79 Å². The summed E-state index contributed by atoms with van der Waals surface area (Å²) in [6.07, 6.45) is -0.282. The molecule has 2 aromatic rings. The van der Waals surface area contributed by atoms with E-state index in [1.807, 2.05) is 47.4 Å². The monoisotopic (exact) mass is 416 g/mol. The van der Waals surface area contributed by atoms with Crippen molar-refractivity contribution in [2.45, 2.75) is 12.2 Å². The van der Waals surface area contributed by atoms with E-state index in [0.717, 1.165) is 30.2 Å². The topological polar surface area (TPSA) is 80.9 Å². The third-order valence-corrected chi connectivity index (χ3v) is 5.49. The van der Waals surface area contributed by atoms with Crippen molar-refractivity contribution in [1.82, 2.24) is 21.3 Å². The number of halogens is 1. The van der Waals surface area contributed by atoms with Crippen LogP contribution in [0.1, 0.15) is 0 Å². The molecule has 9 heteroatoms. The number of rotatable bonds is 5. The van der Waals surface area contributed by atoms with Crippen molar-refractivity contribution in [3.05, 3.63) is 53.6 Å². The molecular formula is C20H25ClN6O2. The SMILES string of the molecule is COc1ccccc1N1CCN(C(=O)C2NNNC2Nc2ccc(Cl)cc2)CC1. The molecular weight excluding hydrogens is 392 g/mol. The number of ether oxygens (including phenoxy) is 1. The summed E-state index contributed by atoms with van der Waals surface area (Å²) in [4.78, 5) is 17.3. The van der Waals surface area contributed by atoms with Crippen LogP contribution in [0.4, 0.5) is 11.4 Å². The summed E-state index contributed by atoms with van der Waals surface area (Å²) in [7, 11) is 1.68. The Labute approximate surface area is 175 Å². The molecule has 2 fully saturated rings. The molecule has 0 bridgehead atoms. The van der Waals surface area contributed by atoms with Crippen LogP contribution >= 0.6 is 11.6 Å². The first-order valence-electron chi connectivity index (χ1n) is 9.60. The minimum absolute atomic E-state index is 0.0497. The fraction of sp³-hybridized carbons (Fsp3) is 0.350. The van der Waals surface area contributed by atoms with E-state index in [1.165, 1.54) is 0 Å². The first kappa shape index (κ1) is 19.8. The number of nitrogens with zero attached hydrogens (tertiary/aromatic N) is 2. The van der Waals surface area contributed by atoms with Crippen LogP contribution in [0.3, 0.4) is 0 Å². The van der Waals surface area contributed by atoms with Gasteiger partial charge in [0.2, 0.25) is 5.91 Å². The highest BCUT2D eigenvalue weighted by atomic mass is 35.5. The number of hydrogen-bond donors (Lipinski definition) is 4. The summed E-state index contributed by atoms with van der Waals surface area (Å²) >= 11 is 5.94. The Bertz CT molecular complexity index is 841. The second-order valence-corrected chi connectivity index (χ2v) is 7.44. The third kappa shape index (κ3) is 4.40. The number of benzene rings is 2. The average molecular weight is 417 g/mol. The fourth-order valence-electron chi connectivity index (χ4n) is 3.67. The van der Waals surface area contributed by atoms with E-state index < -0.39 is 6.04 Å². The van der Waals surface area contributed by atoms with E-state index >= 15 is 0 Å². The Kier molecular flexibility index (Phi) is 6.05. The van der Waals surface area contributed by atoms with Crippen molar-refractivity contribution < 1.29 is 9.53 Å². The van der Waals surface area contributed by atoms with Gasteiger partial charge >= 0.3 is 0 Å². The Morgan fingerprint density at radius 2 is 1.79 bits per heavy atom. The average Bonchev–Trinajstić information content (AvgIpc) is 3.23. The van der Waals surface area contributed by atoms with Crippen LogP contribution in [0.5, 0.6) is 5.75 Å². The van der Waals surface area contributed by atoms with E-state index in [-0.39, 0.29) is 12.1 Å². The van der Waals surface area contributed by atoms with E-state index in [0.29, 0.717) is 18.1 Å². The summed E-state index contributed by atoms with van der Waals surface area (Å²) in [5.74, 6) is 0.902. The van der Waals surface area contributed by atoms with Crippen LogP contribution in [-0.2, 0) is 4.79 Å². The number of para-hydroxylation sites is 2. The first-order chi connectivity index (χ1) is 14.2. The van der Waals surface area contributed by atoms with Crippen LogP contribution in [0, 0.1) is 0 Å². The molecule has 4 N–H and O–H groups in total. The van der Waals surface area contributed by atoms with Crippen LogP contribution in [0.2, 0.25) is 5.02 Å². The molecule has 0 aliphatic carbocycles. The second kappa shape index (κ2) is 8.87. The number of amides is 1. The molecule has 0 aromatic heterocycles. The van der Waals surface area contributed by atoms with Gasteiger partial charge in [-0.1, -0.05) is 23.7 Å². The molecule has 0 radical (unpaired) electrons. The lowest BCUT2D eigenvalue weighted by Gasteiger charge is -2.38.